The van der Waals surface area contributed by atoms with Gasteiger partial charge in [-0.1, -0.05) is 0 Å². The van der Waals surface area contributed by atoms with Crippen molar-refractivity contribution in [3.63, 3.8) is 0 Å². The van der Waals surface area contributed by atoms with Gasteiger partial charge in [0.15, 0.2) is 0 Å². The van der Waals surface area contributed by atoms with Crippen LogP contribution >= 0.6 is 0 Å². The maximum atomic E-state index is 11.0. The lowest BCUT2D eigenvalue weighted by atomic mass is 10.2. The first-order chi connectivity index (χ1) is 5.70. The van der Waals surface area contributed by atoms with Gasteiger partial charge in [-0.2, -0.15) is 5.10 Å². The molecule has 0 atom stereocenters. The Morgan fingerprint density at radius 3 is 3.08 bits per heavy atom. The van der Waals surface area contributed by atoms with Crippen LogP contribution in [-0.2, 0) is 13.7 Å². The fraction of sp³-hybridized carbons (Fsp3) is 0.333. The quantitative estimate of drug-likeness (QED) is 0.286. The molecule has 1 aromatic rings. The SMILES string of the molecule is Cn1ncc(C(=O)NN)c1CO. The molecular weight excluding hydrogens is 160 g/mol. The lowest BCUT2D eigenvalue weighted by molar-refractivity contribution is 0.0950. The summed E-state index contributed by atoms with van der Waals surface area (Å²) in [4.78, 5) is 11.0. The van der Waals surface area contributed by atoms with Crippen molar-refractivity contribution in [2.24, 2.45) is 12.9 Å². The largest absolute Gasteiger partial charge is 0.390 e. The molecule has 0 aromatic carbocycles. The molecular formula is C6H10N4O2. The van der Waals surface area contributed by atoms with Gasteiger partial charge in [-0.3, -0.25) is 14.9 Å². The highest BCUT2D eigenvalue weighted by atomic mass is 16.3. The van der Waals surface area contributed by atoms with E-state index in [1.165, 1.54) is 10.9 Å². The number of carbonyl (C=O) groups is 1. The number of carbonyl (C=O) groups excluding carboxylic acids is 1. The third-order valence-corrected chi connectivity index (χ3v) is 1.59. The first-order valence-corrected chi connectivity index (χ1v) is 3.33. The van der Waals surface area contributed by atoms with Crippen LogP contribution in [0.15, 0.2) is 6.20 Å². The van der Waals surface area contributed by atoms with Crippen LogP contribution in [-0.4, -0.2) is 20.8 Å². The fourth-order valence-electron chi connectivity index (χ4n) is 0.918. The van der Waals surface area contributed by atoms with Crippen LogP contribution in [0, 0.1) is 0 Å². The van der Waals surface area contributed by atoms with Gasteiger partial charge in [0.2, 0.25) is 0 Å². The van der Waals surface area contributed by atoms with Crippen LogP contribution in [0.4, 0.5) is 0 Å². The Morgan fingerprint density at radius 1 is 1.92 bits per heavy atom. The zero-order chi connectivity index (χ0) is 9.14. The standard InChI is InChI=1S/C6H10N4O2/c1-10-5(3-11)4(2-8-10)6(12)9-7/h2,11H,3,7H2,1H3,(H,9,12). The van der Waals surface area contributed by atoms with E-state index in [-0.39, 0.29) is 6.61 Å². The highest BCUT2D eigenvalue weighted by Crippen LogP contribution is 2.06. The summed E-state index contributed by atoms with van der Waals surface area (Å²) in [7, 11) is 1.64. The van der Waals surface area contributed by atoms with Gasteiger partial charge >= 0.3 is 0 Å². The summed E-state index contributed by atoms with van der Waals surface area (Å²) in [6, 6.07) is 0. The van der Waals surface area contributed by atoms with Crippen molar-refractivity contribution >= 4 is 5.91 Å². The number of rotatable bonds is 2. The molecule has 0 aliphatic rings. The van der Waals surface area contributed by atoms with Crippen molar-refractivity contribution in [1.29, 1.82) is 0 Å². The molecule has 1 amide bonds. The molecule has 6 heteroatoms. The summed E-state index contributed by atoms with van der Waals surface area (Å²) in [6.45, 7) is -0.237. The Balaban J connectivity index is 3.07. The average Bonchev–Trinajstić information content (AvgIpc) is 2.45. The minimum atomic E-state index is -0.452. The predicted molar refractivity (Wildman–Crippen MR) is 40.8 cm³/mol. The van der Waals surface area contributed by atoms with E-state index in [1.807, 2.05) is 5.43 Å². The number of nitrogens with zero attached hydrogens (tertiary/aromatic N) is 2. The molecule has 0 fully saturated rings. The van der Waals surface area contributed by atoms with Crippen molar-refractivity contribution in [2.45, 2.75) is 6.61 Å². The number of aliphatic hydroxyl groups excluding tert-OH is 1. The third kappa shape index (κ3) is 1.29. The lowest BCUT2D eigenvalue weighted by Gasteiger charge is -2.00. The minimum absolute atomic E-state index is 0.237. The Bertz CT molecular complexity index is 294. The smallest absolute Gasteiger partial charge is 0.268 e. The molecule has 12 heavy (non-hydrogen) atoms. The molecule has 1 rings (SSSR count). The second kappa shape index (κ2) is 3.33. The molecule has 4 N–H and O–H groups in total. The number of hydrogen-bond donors (Lipinski definition) is 3. The number of aliphatic hydroxyl groups is 1. The molecule has 0 saturated carbocycles. The summed E-state index contributed by atoms with van der Waals surface area (Å²) >= 11 is 0. The van der Waals surface area contributed by atoms with Crippen LogP contribution in [0.25, 0.3) is 0 Å². The number of amides is 1. The minimum Gasteiger partial charge on any atom is -0.390 e. The fourth-order valence-corrected chi connectivity index (χ4v) is 0.918. The number of aromatic nitrogens is 2. The van der Waals surface area contributed by atoms with Gasteiger partial charge in [0.05, 0.1) is 24.1 Å². The second-order valence-corrected chi connectivity index (χ2v) is 2.26. The van der Waals surface area contributed by atoms with Crippen molar-refractivity contribution in [1.82, 2.24) is 15.2 Å². The van der Waals surface area contributed by atoms with Gasteiger partial charge in [0, 0.05) is 7.05 Å². The molecule has 0 saturated heterocycles. The number of nitrogen functional groups attached to an aromatic ring is 1. The monoisotopic (exact) mass is 170 g/mol. The first kappa shape index (κ1) is 8.69. The summed E-state index contributed by atoms with van der Waals surface area (Å²) < 4.78 is 1.42. The number of aryl methyl sites for hydroxylation is 1. The zero-order valence-corrected chi connectivity index (χ0v) is 6.61. The Hall–Kier alpha value is -1.40. The highest BCUT2D eigenvalue weighted by Gasteiger charge is 2.13. The van der Waals surface area contributed by atoms with Crippen molar-refractivity contribution in [3.8, 4) is 0 Å². The molecule has 1 aromatic heterocycles. The molecule has 6 nitrogen and oxygen atoms in total. The number of nitrogens with two attached hydrogens (primary N) is 1. The Morgan fingerprint density at radius 2 is 2.58 bits per heavy atom. The van der Waals surface area contributed by atoms with Gasteiger partial charge in [0.25, 0.3) is 5.91 Å². The Labute approximate surface area is 68.9 Å². The van der Waals surface area contributed by atoms with Crippen LogP contribution in [0.3, 0.4) is 0 Å². The van der Waals surface area contributed by atoms with Gasteiger partial charge < -0.3 is 5.11 Å². The van der Waals surface area contributed by atoms with E-state index in [0.29, 0.717) is 11.3 Å². The van der Waals surface area contributed by atoms with E-state index in [4.69, 9.17) is 10.9 Å². The summed E-state index contributed by atoms with van der Waals surface area (Å²) in [5.74, 6) is 4.47. The van der Waals surface area contributed by atoms with Crippen molar-refractivity contribution in [3.05, 3.63) is 17.5 Å². The van der Waals surface area contributed by atoms with Crippen LogP contribution in [0.1, 0.15) is 16.1 Å². The van der Waals surface area contributed by atoms with E-state index in [0.717, 1.165) is 0 Å². The molecule has 66 valence electrons. The van der Waals surface area contributed by atoms with Crippen molar-refractivity contribution in [2.75, 3.05) is 0 Å². The molecule has 1 heterocycles. The van der Waals surface area contributed by atoms with E-state index < -0.39 is 5.91 Å². The molecule has 0 bridgehead atoms. The molecule has 0 radical (unpaired) electrons. The van der Waals surface area contributed by atoms with Crippen molar-refractivity contribution < 1.29 is 9.90 Å². The van der Waals surface area contributed by atoms with Gasteiger partial charge in [-0.05, 0) is 0 Å². The van der Waals surface area contributed by atoms with Gasteiger partial charge in [-0.15, -0.1) is 0 Å². The topological polar surface area (TPSA) is 93.2 Å². The summed E-state index contributed by atoms with van der Waals surface area (Å²) in [5.41, 5.74) is 2.70. The molecule has 0 unspecified atom stereocenters. The van der Waals surface area contributed by atoms with E-state index in [9.17, 15) is 4.79 Å². The zero-order valence-electron chi connectivity index (χ0n) is 6.61. The van der Waals surface area contributed by atoms with E-state index >= 15 is 0 Å². The second-order valence-electron chi connectivity index (χ2n) is 2.26. The Kier molecular flexibility index (Phi) is 2.41. The molecule has 0 spiro atoms. The lowest BCUT2D eigenvalue weighted by Crippen LogP contribution is -2.30. The number of hydrogen-bond acceptors (Lipinski definition) is 4. The first-order valence-electron chi connectivity index (χ1n) is 3.33. The van der Waals surface area contributed by atoms with E-state index in [2.05, 4.69) is 5.10 Å². The maximum Gasteiger partial charge on any atom is 0.268 e. The van der Waals surface area contributed by atoms with Crippen LogP contribution in [0.2, 0.25) is 0 Å². The molecule has 0 aliphatic heterocycles. The number of hydrazine groups is 1. The van der Waals surface area contributed by atoms with Crippen LogP contribution in [0.5, 0.6) is 0 Å². The highest BCUT2D eigenvalue weighted by molar-refractivity contribution is 5.94. The van der Waals surface area contributed by atoms with E-state index in [1.54, 1.807) is 7.05 Å². The normalized spacial score (nSPS) is 9.92. The summed E-state index contributed by atoms with van der Waals surface area (Å²) in [6.07, 6.45) is 1.35. The van der Waals surface area contributed by atoms with Gasteiger partial charge in [-0.25, -0.2) is 5.84 Å². The summed E-state index contributed by atoms with van der Waals surface area (Å²) in [5, 5.41) is 12.6. The van der Waals surface area contributed by atoms with Crippen LogP contribution < -0.4 is 11.3 Å². The third-order valence-electron chi connectivity index (χ3n) is 1.59. The van der Waals surface area contributed by atoms with Gasteiger partial charge in [0.1, 0.15) is 0 Å². The maximum absolute atomic E-state index is 11.0. The molecule has 0 aliphatic carbocycles. The number of nitrogens with one attached hydrogen (secondary N) is 1. The predicted octanol–water partition coefficient (Wildman–Crippen LogP) is -1.48. The average molecular weight is 170 g/mol.